The minimum Gasteiger partial charge on any atom is -0.396 e. The van der Waals surface area contributed by atoms with Crippen molar-refractivity contribution in [3.05, 3.63) is 35.4 Å². The van der Waals surface area contributed by atoms with Gasteiger partial charge in [0.25, 0.3) is 0 Å². The second-order valence-corrected chi connectivity index (χ2v) is 3.68. The molecule has 0 fully saturated rings. The first-order chi connectivity index (χ1) is 7.67. The third-order valence-corrected chi connectivity index (χ3v) is 2.48. The highest BCUT2D eigenvalue weighted by Crippen LogP contribution is 2.12. The minimum atomic E-state index is -0.422. The zero-order chi connectivity index (χ0) is 12.0. The second kappa shape index (κ2) is 6.55. The van der Waals surface area contributed by atoms with Gasteiger partial charge in [-0.3, -0.25) is 4.90 Å². The number of benzene rings is 1. The van der Waals surface area contributed by atoms with E-state index in [4.69, 9.17) is 5.11 Å². The molecule has 0 heterocycles. The first kappa shape index (κ1) is 13.1. The van der Waals surface area contributed by atoms with Gasteiger partial charge in [0.1, 0.15) is 11.6 Å². The van der Waals surface area contributed by atoms with Crippen LogP contribution < -0.4 is 0 Å². The van der Waals surface area contributed by atoms with E-state index in [2.05, 4.69) is 0 Å². The zero-order valence-electron chi connectivity index (χ0n) is 9.42. The molecule has 1 rings (SSSR count). The van der Waals surface area contributed by atoms with E-state index in [1.165, 1.54) is 6.07 Å². The third kappa shape index (κ3) is 3.87. The van der Waals surface area contributed by atoms with Crippen LogP contribution >= 0.6 is 0 Å². The molecule has 16 heavy (non-hydrogen) atoms. The molecule has 0 aliphatic carbocycles. The van der Waals surface area contributed by atoms with Gasteiger partial charge in [-0.25, -0.2) is 8.78 Å². The lowest BCUT2D eigenvalue weighted by atomic mass is 10.2. The van der Waals surface area contributed by atoms with Gasteiger partial charge >= 0.3 is 0 Å². The number of aliphatic hydroxyl groups is 1. The van der Waals surface area contributed by atoms with Crippen molar-refractivity contribution >= 4 is 0 Å². The average Bonchev–Trinajstić information content (AvgIpc) is 2.28. The van der Waals surface area contributed by atoms with Gasteiger partial charge in [-0.2, -0.15) is 0 Å². The summed E-state index contributed by atoms with van der Waals surface area (Å²) in [6, 6.07) is 3.48. The number of hydrogen-bond acceptors (Lipinski definition) is 2. The molecule has 0 saturated carbocycles. The number of halogens is 2. The van der Waals surface area contributed by atoms with Crippen LogP contribution in [0.4, 0.5) is 8.78 Å². The lowest BCUT2D eigenvalue weighted by Crippen LogP contribution is -2.25. The molecule has 1 aromatic carbocycles. The molecule has 0 aliphatic heterocycles. The smallest absolute Gasteiger partial charge is 0.127 e. The molecule has 0 atom stereocenters. The van der Waals surface area contributed by atoms with Crippen LogP contribution in [-0.2, 0) is 6.54 Å². The predicted octanol–water partition coefficient (Wildman–Crippen LogP) is 2.17. The van der Waals surface area contributed by atoms with Crippen LogP contribution in [0.15, 0.2) is 18.2 Å². The van der Waals surface area contributed by atoms with Gasteiger partial charge in [-0.1, -0.05) is 6.92 Å². The highest BCUT2D eigenvalue weighted by atomic mass is 19.1. The van der Waals surface area contributed by atoms with Crippen molar-refractivity contribution in [1.82, 2.24) is 4.90 Å². The third-order valence-electron chi connectivity index (χ3n) is 2.48. The first-order valence-electron chi connectivity index (χ1n) is 5.44. The molecule has 1 N–H and O–H groups in total. The largest absolute Gasteiger partial charge is 0.396 e. The average molecular weight is 229 g/mol. The monoisotopic (exact) mass is 229 g/mol. The number of aliphatic hydroxyl groups excluding tert-OH is 1. The standard InChI is InChI=1S/C12H17F2NO/c1-2-15(6-3-7-16)9-10-8-11(13)4-5-12(10)14/h4-5,8,16H,2-3,6-7,9H2,1H3. The summed E-state index contributed by atoms with van der Waals surface area (Å²) in [5.74, 6) is -0.807. The maximum Gasteiger partial charge on any atom is 0.127 e. The Morgan fingerprint density at radius 1 is 1.31 bits per heavy atom. The molecule has 4 heteroatoms. The van der Waals surface area contributed by atoms with E-state index in [1.54, 1.807) is 0 Å². The topological polar surface area (TPSA) is 23.5 Å². The fourth-order valence-electron chi connectivity index (χ4n) is 1.55. The molecule has 90 valence electrons. The van der Waals surface area contributed by atoms with Crippen LogP contribution in [0, 0.1) is 11.6 Å². The van der Waals surface area contributed by atoms with Crippen LogP contribution in [-0.4, -0.2) is 29.7 Å². The summed E-state index contributed by atoms with van der Waals surface area (Å²) in [7, 11) is 0. The number of hydrogen-bond donors (Lipinski definition) is 1. The SMILES string of the molecule is CCN(CCCO)Cc1cc(F)ccc1F. The van der Waals surface area contributed by atoms with Crippen LogP contribution in [0.5, 0.6) is 0 Å². The van der Waals surface area contributed by atoms with Gasteiger partial charge < -0.3 is 5.11 Å². The summed E-state index contributed by atoms with van der Waals surface area (Å²) < 4.78 is 26.3. The molecule has 0 aromatic heterocycles. The van der Waals surface area contributed by atoms with E-state index >= 15 is 0 Å². The Balaban J connectivity index is 2.65. The minimum absolute atomic E-state index is 0.113. The van der Waals surface area contributed by atoms with Gasteiger partial charge in [0.2, 0.25) is 0 Å². The molecule has 0 bridgehead atoms. The molecule has 0 amide bonds. The van der Waals surface area contributed by atoms with E-state index in [0.717, 1.165) is 18.7 Å². The van der Waals surface area contributed by atoms with E-state index in [0.29, 0.717) is 25.1 Å². The van der Waals surface area contributed by atoms with Crippen molar-refractivity contribution in [1.29, 1.82) is 0 Å². The van der Waals surface area contributed by atoms with Gasteiger partial charge in [-0.15, -0.1) is 0 Å². The normalized spacial score (nSPS) is 11.1. The Bertz CT molecular complexity index is 331. The van der Waals surface area contributed by atoms with Gasteiger partial charge in [0, 0.05) is 25.3 Å². The van der Waals surface area contributed by atoms with Crippen molar-refractivity contribution in [3.63, 3.8) is 0 Å². The van der Waals surface area contributed by atoms with Crippen molar-refractivity contribution in [2.24, 2.45) is 0 Å². The Labute approximate surface area is 94.5 Å². The summed E-state index contributed by atoms with van der Waals surface area (Å²) in [4.78, 5) is 1.97. The Morgan fingerprint density at radius 2 is 2.06 bits per heavy atom. The summed E-state index contributed by atoms with van der Waals surface area (Å²) in [5, 5.41) is 8.71. The molecule has 0 radical (unpaired) electrons. The second-order valence-electron chi connectivity index (χ2n) is 3.68. The zero-order valence-corrected chi connectivity index (χ0v) is 9.42. The quantitative estimate of drug-likeness (QED) is 0.808. The summed E-state index contributed by atoms with van der Waals surface area (Å²) in [6.45, 7) is 3.87. The maximum atomic E-state index is 13.3. The highest BCUT2D eigenvalue weighted by molar-refractivity contribution is 5.18. The molecule has 0 unspecified atom stereocenters. The van der Waals surface area contributed by atoms with E-state index in [-0.39, 0.29) is 12.4 Å². The van der Waals surface area contributed by atoms with Crippen molar-refractivity contribution < 1.29 is 13.9 Å². The van der Waals surface area contributed by atoms with Crippen LogP contribution in [0.1, 0.15) is 18.9 Å². The van der Waals surface area contributed by atoms with Crippen molar-refractivity contribution in [3.8, 4) is 0 Å². The Kier molecular flexibility index (Phi) is 5.35. The van der Waals surface area contributed by atoms with Crippen LogP contribution in [0.2, 0.25) is 0 Å². The molecular weight excluding hydrogens is 212 g/mol. The molecule has 0 spiro atoms. The van der Waals surface area contributed by atoms with Gasteiger partial charge in [0.15, 0.2) is 0 Å². The Morgan fingerprint density at radius 3 is 2.69 bits per heavy atom. The van der Waals surface area contributed by atoms with Crippen LogP contribution in [0.25, 0.3) is 0 Å². The lowest BCUT2D eigenvalue weighted by Gasteiger charge is -2.20. The van der Waals surface area contributed by atoms with Crippen molar-refractivity contribution in [2.45, 2.75) is 19.9 Å². The lowest BCUT2D eigenvalue weighted by molar-refractivity contribution is 0.223. The first-order valence-corrected chi connectivity index (χ1v) is 5.44. The molecule has 1 aromatic rings. The highest BCUT2D eigenvalue weighted by Gasteiger charge is 2.08. The van der Waals surface area contributed by atoms with E-state index < -0.39 is 5.82 Å². The molecule has 2 nitrogen and oxygen atoms in total. The fourth-order valence-corrected chi connectivity index (χ4v) is 1.55. The number of rotatable bonds is 6. The van der Waals surface area contributed by atoms with E-state index in [9.17, 15) is 8.78 Å². The van der Waals surface area contributed by atoms with Gasteiger partial charge in [-0.05, 0) is 31.2 Å². The molecular formula is C12H17F2NO. The van der Waals surface area contributed by atoms with Crippen molar-refractivity contribution in [2.75, 3.05) is 19.7 Å². The fraction of sp³-hybridized carbons (Fsp3) is 0.500. The Hall–Kier alpha value is -1.00. The van der Waals surface area contributed by atoms with Gasteiger partial charge in [0.05, 0.1) is 0 Å². The maximum absolute atomic E-state index is 13.3. The predicted molar refractivity (Wildman–Crippen MR) is 59.0 cm³/mol. The number of nitrogens with zero attached hydrogens (tertiary/aromatic N) is 1. The van der Waals surface area contributed by atoms with E-state index in [1.807, 2.05) is 11.8 Å². The molecule has 0 aliphatic rings. The van der Waals surface area contributed by atoms with Crippen LogP contribution in [0.3, 0.4) is 0 Å². The molecule has 0 saturated heterocycles. The summed E-state index contributed by atoms with van der Waals surface area (Å²) in [5.41, 5.74) is 0.361. The summed E-state index contributed by atoms with van der Waals surface area (Å²) in [6.07, 6.45) is 0.644. The summed E-state index contributed by atoms with van der Waals surface area (Å²) >= 11 is 0.